The molecule has 78 valence electrons. The number of hydrogen-bond donors (Lipinski definition) is 2. The maximum Gasteiger partial charge on any atom is 0.433 e. The van der Waals surface area contributed by atoms with Crippen LogP contribution in [0, 0.1) is 0 Å². The molecule has 0 spiro atoms. The van der Waals surface area contributed by atoms with E-state index in [4.69, 9.17) is 10.8 Å². The molecule has 1 aromatic rings. The highest BCUT2D eigenvalue weighted by Crippen LogP contribution is 2.29. The normalized spacial score (nSPS) is 14.1. The number of halogens is 3. The second-order valence-corrected chi connectivity index (χ2v) is 2.88. The molecule has 0 aliphatic rings. The highest BCUT2D eigenvalue weighted by molar-refractivity contribution is 5.41. The number of aliphatic hydroxyl groups is 1. The lowest BCUT2D eigenvalue weighted by Crippen LogP contribution is -2.11. The van der Waals surface area contributed by atoms with Crippen molar-refractivity contribution in [3.63, 3.8) is 0 Å². The molecule has 0 saturated carbocycles. The Morgan fingerprint density at radius 1 is 1.43 bits per heavy atom. The minimum Gasteiger partial charge on any atom is -0.399 e. The van der Waals surface area contributed by atoms with Crippen LogP contribution in [0.1, 0.15) is 24.4 Å². The van der Waals surface area contributed by atoms with Crippen LogP contribution in [0.2, 0.25) is 0 Å². The van der Waals surface area contributed by atoms with Crippen molar-refractivity contribution >= 4 is 5.69 Å². The fourth-order valence-corrected chi connectivity index (χ4v) is 0.933. The van der Waals surface area contributed by atoms with Gasteiger partial charge in [0.15, 0.2) is 0 Å². The van der Waals surface area contributed by atoms with Crippen molar-refractivity contribution in [3.8, 4) is 0 Å². The fourth-order valence-electron chi connectivity index (χ4n) is 0.933. The van der Waals surface area contributed by atoms with Gasteiger partial charge in [-0.25, -0.2) is 4.98 Å². The van der Waals surface area contributed by atoms with Gasteiger partial charge in [0, 0.05) is 5.69 Å². The topological polar surface area (TPSA) is 59.1 Å². The van der Waals surface area contributed by atoms with Crippen molar-refractivity contribution in [3.05, 3.63) is 23.5 Å². The molecule has 6 heteroatoms. The lowest BCUT2D eigenvalue weighted by Gasteiger charge is -2.10. The van der Waals surface area contributed by atoms with Crippen LogP contribution in [0.15, 0.2) is 12.1 Å². The van der Waals surface area contributed by atoms with Crippen LogP contribution >= 0.6 is 0 Å². The molecule has 0 aromatic carbocycles. The molecule has 1 atom stereocenters. The average Bonchev–Trinajstić information content (AvgIpc) is 2.01. The molecule has 1 unspecified atom stereocenters. The second kappa shape index (κ2) is 3.45. The summed E-state index contributed by atoms with van der Waals surface area (Å²) in [5, 5.41) is 9.05. The summed E-state index contributed by atoms with van der Waals surface area (Å²) in [6.45, 7) is 1.32. The molecule has 3 N–H and O–H groups in total. The third kappa shape index (κ3) is 2.35. The summed E-state index contributed by atoms with van der Waals surface area (Å²) < 4.78 is 36.6. The van der Waals surface area contributed by atoms with Crippen molar-refractivity contribution < 1.29 is 18.3 Å². The number of nitrogen functional groups attached to an aromatic ring is 1. The van der Waals surface area contributed by atoms with Gasteiger partial charge < -0.3 is 10.8 Å². The third-order valence-corrected chi connectivity index (χ3v) is 1.59. The smallest absolute Gasteiger partial charge is 0.399 e. The summed E-state index contributed by atoms with van der Waals surface area (Å²) >= 11 is 0. The fraction of sp³-hybridized carbons (Fsp3) is 0.375. The lowest BCUT2D eigenvalue weighted by atomic mass is 10.2. The predicted octanol–water partition coefficient (Wildman–Crippen LogP) is 1.74. The minimum absolute atomic E-state index is 0.0665. The van der Waals surface area contributed by atoms with Gasteiger partial charge in [0.2, 0.25) is 0 Å². The summed E-state index contributed by atoms with van der Waals surface area (Å²) in [7, 11) is 0. The van der Waals surface area contributed by atoms with E-state index in [-0.39, 0.29) is 11.4 Å². The Kier molecular flexibility index (Phi) is 2.66. The molecule has 3 nitrogen and oxygen atoms in total. The molecule has 14 heavy (non-hydrogen) atoms. The Morgan fingerprint density at radius 2 is 2.00 bits per heavy atom. The molecule has 1 rings (SSSR count). The highest BCUT2D eigenvalue weighted by Gasteiger charge is 2.33. The maximum absolute atomic E-state index is 12.2. The van der Waals surface area contributed by atoms with Crippen LogP contribution < -0.4 is 5.73 Å². The van der Waals surface area contributed by atoms with Crippen LogP contribution in [0.3, 0.4) is 0 Å². The number of hydrogen-bond acceptors (Lipinski definition) is 3. The van der Waals surface area contributed by atoms with E-state index in [2.05, 4.69) is 4.98 Å². The number of nitrogens with zero attached hydrogens (tertiary/aromatic N) is 1. The van der Waals surface area contributed by atoms with Gasteiger partial charge in [0.05, 0.1) is 11.8 Å². The lowest BCUT2D eigenvalue weighted by molar-refractivity contribution is -0.141. The number of aliphatic hydroxyl groups excluding tert-OH is 1. The maximum atomic E-state index is 12.2. The summed E-state index contributed by atoms with van der Waals surface area (Å²) in [4.78, 5) is 3.25. The van der Waals surface area contributed by atoms with Gasteiger partial charge >= 0.3 is 6.18 Å². The molecular formula is C8H9F3N2O. The molecule has 0 aliphatic heterocycles. The predicted molar refractivity (Wildman–Crippen MR) is 44.3 cm³/mol. The quantitative estimate of drug-likeness (QED) is 0.735. The minimum atomic E-state index is -4.54. The number of alkyl halides is 3. The Labute approximate surface area is 78.4 Å². The number of aromatic nitrogens is 1. The van der Waals surface area contributed by atoms with E-state index in [0.29, 0.717) is 0 Å². The summed E-state index contributed by atoms with van der Waals surface area (Å²) in [6.07, 6.45) is -5.61. The Bertz CT molecular complexity index is 336. The van der Waals surface area contributed by atoms with Crippen molar-refractivity contribution in [2.24, 2.45) is 0 Å². The zero-order valence-electron chi connectivity index (χ0n) is 7.34. The van der Waals surface area contributed by atoms with Crippen LogP contribution in [-0.2, 0) is 6.18 Å². The van der Waals surface area contributed by atoms with E-state index in [9.17, 15) is 13.2 Å². The van der Waals surface area contributed by atoms with E-state index in [0.717, 1.165) is 6.07 Å². The highest BCUT2D eigenvalue weighted by atomic mass is 19.4. The van der Waals surface area contributed by atoms with Crippen LogP contribution in [0.5, 0.6) is 0 Å². The first-order valence-electron chi connectivity index (χ1n) is 3.83. The molecule has 0 amide bonds. The molecule has 0 radical (unpaired) electrons. The van der Waals surface area contributed by atoms with E-state index in [1.165, 1.54) is 13.0 Å². The summed E-state index contributed by atoms with van der Waals surface area (Å²) in [5.74, 6) is 0. The number of pyridine rings is 1. The largest absolute Gasteiger partial charge is 0.433 e. The molecule has 1 heterocycles. The zero-order chi connectivity index (χ0) is 10.9. The Hall–Kier alpha value is -1.30. The first kappa shape index (κ1) is 10.8. The van der Waals surface area contributed by atoms with Gasteiger partial charge in [-0.3, -0.25) is 0 Å². The molecule has 0 bridgehead atoms. The van der Waals surface area contributed by atoms with Crippen molar-refractivity contribution in [2.45, 2.75) is 19.2 Å². The van der Waals surface area contributed by atoms with Crippen LogP contribution in [-0.4, -0.2) is 10.1 Å². The number of nitrogens with two attached hydrogens (primary N) is 1. The first-order valence-corrected chi connectivity index (χ1v) is 3.83. The average molecular weight is 206 g/mol. The van der Waals surface area contributed by atoms with Crippen molar-refractivity contribution in [1.82, 2.24) is 4.98 Å². The molecule has 0 fully saturated rings. The van der Waals surface area contributed by atoms with Gasteiger partial charge in [0.1, 0.15) is 5.69 Å². The summed E-state index contributed by atoms with van der Waals surface area (Å²) in [6, 6.07) is 1.94. The monoisotopic (exact) mass is 206 g/mol. The number of rotatable bonds is 1. The molecular weight excluding hydrogens is 197 g/mol. The van der Waals surface area contributed by atoms with Crippen LogP contribution in [0.25, 0.3) is 0 Å². The molecule has 1 aromatic heterocycles. The molecule has 0 saturated heterocycles. The van der Waals surface area contributed by atoms with E-state index in [1.54, 1.807) is 0 Å². The van der Waals surface area contributed by atoms with E-state index >= 15 is 0 Å². The van der Waals surface area contributed by atoms with Gasteiger partial charge in [-0.15, -0.1) is 0 Å². The second-order valence-electron chi connectivity index (χ2n) is 2.88. The standard InChI is InChI=1S/C8H9F3N2O/c1-4(14)6-2-5(12)3-7(13-6)8(9,10)11/h2-4,14H,1H3,(H2,12,13). The van der Waals surface area contributed by atoms with Gasteiger partial charge in [-0.1, -0.05) is 0 Å². The molecule has 0 aliphatic carbocycles. The van der Waals surface area contributed by atoms with Crippen molar-refractivity contribution in [1.29, 1.82) is 0 Å². The third-order valence-electron chi connectivity index (χ3n) is 1.59. The van der Waals surface area contributed by atoms with E-state index in [1.807, 2.05) is 0 Å². The van der Waals surface area contributed by atoms with Gasteiger partial charge in [-0.05, 0) is 19.1 Å². The van der Waals surface area contributed by atoms with E-state index < -0.39 is 18.0 Å². The number of anilines is 1. The Balaban J connectivity index is 3.21. The Morgan fingerprint density at radius 3 is 2.43 bits per heavy atom. The van der Waals surface area contributed by atoms with Gasteiger partial charge in [0.25, 0.3) is 0 Å². The summed E-state index contributed by atoms with van der Waals surface area (Å²) in [5.41, 5.74) is 4.00. The zero-order valence-corrected chi connectivity index (χ0v) is 7.34. The van der Waals surface area contributed by atoms with Gasteiger partial charge in [-0.2, -0.15) is 13.2 Å². The van der Waals surface area contributed by atoms with Crippen molar-refractivity contribution in [2.75, 3.05) is 5.73 Å². The SMILES string of the molecule is CC(O)c1cc(N)cc(C(F)(F)F)n1. The van der Waals surface area contributed by atoms with Crippen LogP contribution in [0.4, 0.5) is 18.9 Å². The first-order chi connectivity index (χ1) is 6.30.